The summed E-state index contributed by atoms with van der Waals surface area (Å²) < 4.78 is 0. The lowest BCUT2D eigenvalue weighted by molar-refractivity contribution is -0.127. The van der Waals surface area contributed by atoms with Crippen LogP contribution >= 0.6 is 24.0 Å². The summed E-state index contributed by atoms with van der Waals surface area (Å²) in [5.41, 5.74) is 0.312. The molecule has 0 aromatic carbocycles. The lowest BCUT2D eigenvalue weighted by Crippen LogP contribution is -2.48. The Balaban J connectivity index is 0.00000576. The van der Waals surface area contributed by atoms with E-state index in [0.29, 0.717) is 11.5 Å². The van der Waals surface area contributed by atoms with E-state index < -0.39 is 0 Å². The molecule has 0 heterocycles. The van der Waals surface area contributed by atoms with Gasteiger partial charge in [-0.1, -0.05) is 19.8 Å². The zero-order valence-electron chi connectivity index (χ0n) is 16.9. The summed E-state index contributed by atoms with van der Waals surface area (Å²) in [7, 11) is 7.81. The van der Waals surface area contributed by atoms with Crippen molar-refractivity contribution in [1.29, 1.82) is 0 Å². The van der Waals surface area contributed by atoms with Gasteiger partial charge >= 0.3 is 0 Å². The number of amides is 1. The highest BCUT2D eigenvalue weighted by Gasteiger charge is 2.34. The molecule has 1 amide bonds. The maximum atomic E-state index is 11.8. The van der Waals surface area contributed by atoms with Crippen molar-refractivity contribution in [2.24, 2.45) is 10.4 Å². The molecule has 25 heavy (non-hydrogen) atoms. The number of carbonyl (C=O) groups is 1. The second-order valence-corrected chi connectivity index (χ2v) is 7.71. The van der Waals surface area contributed by atoms with Crippen molar-refractivity contribution in [3.05, 3.63) is 0 Å². The van der Waals surface area contributed by atoms with E-state index in [1.165, 1.54) is 25.7 Å². The van der Waals surface area contributed by atoms with Gasteiger partial charge in [-0.3, -0.25) is 4.79 Å². The summed E-state index contributed by atoms with van der Waals surface area (Å²) in [6, 6.07) is 0.332. The Labute approximate surface area is 171 Å². The number of hydrogen-bond donors (Lipinski definition) is 2. The highest BCUT2D eigenvalue weighted by Crippen LogP contribution is 2.37. The Kier molecular flexibility index (Phi) is 11.7. The van der Waals surface area contributed by atoms with Crippen LogP contribution in [0.3, 0.4) is 0 Å². The number of likely N-dealkylation sites (N-methyl/N-ethyl adjacent to an activating group) is 1. The summed E-state index contributed by atoms with van der Waals surface area (Å²) in [4.78, 5) is 20.2. The first-order chi connectivity index (χ1) is 11.3. The topological polar surface area (TPSA) is 60.0 Å². The predicted octanol–water partition coefficient (Wildman–Crippen LogP) is 2.15. The first kappa shape index (κ1) is 24.4. The van der Waals surface area contributed by atoms with Crippen LogP contribution < -0.4 is 10.6 Å². The maximum absolute atomic E-state index is 11.8. The van der Waals surface area contributed by atoms with Crippen LogP contribution in [0.5, 0.6) is 0 Å². The average molecular weight is 467 g/mol. The van der Waals surface area contributed by atoms with Crippen molar-refractivity contribution in [3.63, 3.8) is 0 Å². The molecule has 1 unspecified atom stereocenters. The number of halogens is 1. The zero-order chi connectivity index (χ0) is 18.2. The molecule has 1 aliphatic rings. The zero-order valence-corrected chi connectivity index (χ0v) is 19.2. The van der Waals surface area contributed by atoms with Crippen LogP contribution in [0.4, 0.5) is 0 Å². The molecule has 148 valence electrons. The Hall–Kier alpha value is -0.570. The number of nitrogens with zero attached hydrogens (tertiary/aromatic N) is 3. The van der Waals surface area contributed by atoms with Gasteiger partial charge in [0.2, 0.25) is 5.91 Å². The van der Waals surface area contributed by atoms with Gasteiger partial charge in [0.25, 0.3) is 0 Å². The minimum Gasteiger partial charge on any atom is -0.356 e. The summed E-state index contributed by atoms with van der Waals surface area (Å²) in [5.74, 6) is 0.772. The second kappa shape index (κ2) is 11.9. The Morgan fingerprint density at radius 2 is 1.80 bits per heavy atom. The number of carbonyl (C=O) groups excluding carboxylic acids is 1. The first-order valence-corrected chi connectivity index (χ1v) is 9.18. The number of nitrogens with one attached hydrogen (secondary N) is 2. The van der Waals surface area contributed by atoms with Crippen molar-refractivity contribution in [2.75, 3.05) is 47.8 Å². The van der Waals surface area contributed by atoms with Gasteiger partial charge in [0.05, 0.1) is 0 Å². The fourth-order valence-electron chi connectivity index (χ4n) is 3.23. The van der Waals surface area contributed by atoms with Crippen molar-refractivity contribution < 1.29 is 4.79 Å². The van der Waals surface area contributed by atoms with Crippen LogP contribution in [0.2, 0.25) is 0 Å². The van der Waals surface area contributed by atoms with Crippen molar-refractivity contribution >= 4 is 35.8 Å². The van der Waals surface area contributed by atoms with Crippen LogP contribution in [0.1, 0.15) is 46.0 Å². The van der Waals surface area contributed by atoms with Crippen LogP contribution in [0.15, 0.2) is 4.99 Å². The first-order valence-electron chi connectivity index (χ1n) is 9.18. The van der Waals surface area contributed by atoms with E-state index in [0.717, 1.165) is 25.5 Å². The van der Waals surface area contributed by atoms with Crippen molar-refractivity contribution in [3.8, 4) is 0 Å². The van der Waals surface area contributed by atoms with Gasteiger partial charge in [-0.05, 0) is 40.3 Å². The van der Waals surface area contributed by atoms with E-state index in [1.54, 1.807) is 19.0 Å². The van der Waals surface area contributed by atoms with E-state index in [2.05, 4.69) is 48.5 Å². The summed E-state index contributed by atoms with van der Waals surface area (Å²) >= 11 is 0. The third-order valence-electron chi connectivity index (χ3n) is 4.81. The lowest BCUT2D eigenvalue weighted by Gasteiger charge is -2.33. The van der Waals surface area contributed by atoms with Gasteiger partial charge < -0.3 is 20.4 Å². The van der Waals surface area contributed by atoms with E-state index >= 15 is 0 Å². The maximum Gasteiger partial charge on any atom is 0.243 e. The molecule has 0 bridgehead atoms. The fourth-order valence-corrected chi connectivity index (χ4v) is 3.23. The van der Waals surface area contributed by atoms with Gasteiger partial charge in [-0.25, -0.2) is 4.99 Å². The van der Waals surface area contributed by atoms with Gasteiger partial charge in [-0.2, -0.15) is 0 Å². The van der Waals surface area contributed by atoms with E-state index in [-0.39, 0.29) is 36.4 Å². The van der Waals surface area contributed by atoms with Gasteiger partial charge in [-0.15, -0.1) is 24.0 Å². The molecule has 1 fully saturated rings. The largest absolute Gasteiger partial charge is 0.356 e. The quantitative estimate of drug-likeness (QED) is 0.326. The van der Waals surface area contributed by atoms with Crippen LogP contribution in [-0.2, 0) is 4.79 Å². The smallest absolute Gasteiger partial charge is 0.243 e. The lowest BCUT2D eigenvalue weighted by atomic mass is 9.85. The van der Waals surface area contributed by atoms with Gasteiger partial charge in [0, 0.05) is 38.6 Å². The molecular formula is C18H38IN5O. The third kappa shape index (κ3) is 9.08. The van der Waals surface area contributed by atoms with Gasteiger partial charge in [0.15, 0.2) is 5.96 Å². The molecule has 1 atom stereocenters. The molecule has 6 nitrogen and oxygen atoms in total. The molecule has 0 radical (unpaired) electrons. The average Bonchev–Trinajstić information content (AvgIpc) is 2.97. The highest BCUT2D eigenvalue weighted by atomic mass is 127. The van der Waals surface area contributed by atoms with Crippen molar-refractivity contribution in [1.82, 2.24) is 20.4 Å². The monoisotopic (exact) mass is 467 g/mol. The van der Waals surface area contributed by atoms with Gasteiger partial charge in [0.1, 0.15) is 6.54 Å². The summed E-state index contributed by atoms with van der Waals surface area (Å²) in [6.07, 6.45) is 6.14. The minimum absolute atomic E-state index is 0. The molecule has 2 N–H and O–H groups in total. The second-order valence-electron chi connectivity index (χ2n) is 7.71. The SMILES string of the molecule is CCC(C)NC(=NCC(=O)N(C)C)NCC1(CN(C)C)CCCC1.I. The molecule has 1 saturated carbocycles. The number of aliphatic imine (C=N–C) groups is 1. The van der Waals surface area contributed by atoms with Crippen LogP contribution in [-0.4, -0.2) is 75.5 Å². The van der Waals surface area contributed by atoms with E-state index in [1.807, 2.05) is 0 Å². The Morgan fingerprint density at radius 3 is 2.28 bits per heavy atom. The van der Waals surface area contributed by atoms with Crippen LogP contribution in [0, 0.1) is 5.41 Å². The van der Waals surface area contributed by atoms with Crippen molar-refractivity contribution in [2.45, 2.75) is 52.0 Å². The molecule has 7 heteroatoms. The Bertz CT molecular complexity index is 420. The summed E-state index contributed by atoms with van der Waals surface area (Å²) in [6.45, 7) is 6.46. The third-order valence-corrected chi connectivity index (χ3v) is 4.81. The standard InChI is InChI=1S/C18H37N5O.HI/c1-7-15(2)21-17(19-12-16(24)23(5)6)20-13-18(14-22(3)4)10-8-9-11-18;/h15H,7-14H2,1-6H3,(H2,19,20,21);1H. The Morgan fingerprint density at radius 1 is 1.20 bits per heavy atom. The molecule has 0 spiro atoms. The molecule has 1 aliphatic carbocycles. The molecular weight excluding hydrogens is 429 g/mol. The fraction of sp³-hybridized carbons (Fsp3) is 0.889. The summed E-state index contributed by atoms with van der Waals surface area (Å²) in [5, 5.41) is 6.92. The number of hydrogen-bond acceptors (Lipinski definition) is 3. The molecule has 0 aromatic heterocycles. The number of rotatable bonds is 8. The number of guanidine groups is 1. The van der Waals surface area contributed by atoms with E-state index in [9.17, 15) is 4.79 Å². The minimum atomic E-state index is 0. The normalized spacial score (nSPS) is 17.8. The molecule has 0 aromatic rings. The van der Waals surface area contributed by atoms with Crippen LogP contribution in [0.25, 0.3) is 0 Å². The van der Waals surface area contributed by atoms with E-state index in [4.69, 9.17) is 0 Å². The molecule has 0 aliphatic heterocycles. The highest BCUT2D eigenvalue weighted by molar-refractivity contribution is 14.0. The predicted molar refractivity (Wildman–Crippen MR) is 117 cm³/mol. The molecule has 1 rings (SSSR count). The molecule has 0 saturated heterocycles.